The van der Waals surface area contributed by atoms with Crippen LogP contribution in [0.1, 0.15) is 12.2 Å². The van der Waals surface area contributed by atoms with Crippen molar-refractivity contribution in [3.05, 3.63) is 54.5 Å². The SMILES string of the molecule is O=C(COc1ccccc1)N(Cc1ccco1)[C@@H]1CCS(=O)(=O)C1. The molecule has 0 radical (unpaired) electrons. The molecule has 1 fully saturated rings. The minimum atomic E-state index is -3.09. The Morgan fingerprint density at radius 3 is 2.62 bits per heavy atom. The summed E-state index contributed by atoms with van der Waals surface area (Å²) in [5, 5.41) is 0. The number of carbonyl (C=O) groups excluding carboxylic acids is 1. The summed E-state index contributed by atoms with van der Waals surface area (Å²) in [4.78, 5) is 14.2. The molecule has 0 bridgehead atoms. The number of carbonyl (C=O) groups is 1. The van der Waals surface area contributed by atoms with Gasteiger partial charge in [-0.15, -0.1) is 0 Å². The minimum Gasteiger partial charge on any atom is -0.484 e. The largest absolute Gasteiger partial charge is 0.484 e. The van der Waals surface area contributed by atoms with Crippen molar-refractivity contribution >= 4 is 15.7 Å². The summed E-state index contributed by atoms with van der Waals surface area (Å²) in [5.41, 5.74) is 0. The fourth-order valence-electron chi connectivity index (χ4n) is 2.76. The molecule has 2 heterocycles. The third-order valence-electron chi connectivity index (χ3n) is 3.98. The van der Waals surface area contributed by atoms with E-state index in [-0.39, 0.29) is 36.6 Å². The number of sulfone groups is 1. The highest BCUT2D eigenvalue weighted by Gasteiger charge is 2.35. The summed E-state index contributed by atoms with van der Waals surface area (Å²) < 4.78 is 34.3. The Labute approximate surface area is 140 Å². The predicted octanol–water partition coefficient (Wildman–Crippen LogP) is 1.87. The van der Waals surface area contributed by atoms with Gasteiger partial charge in [0, 0.05) is 6.04 Å². The Hall–Kier alpha value is -2.28. The van der Waals surface area contributed by atoms with Gasteiger partial charge < -0.3 is 14.1 Å². The molecule has 24 heavy (non-hydrogen) atoms. The number of amides is 1. The maximum atomic E-state index is 12.6. The van der Waals surface area contributed by atoms with Crippen molar-refractivity contribution in [2.75, 3.05) is 18.1 Å². The van der Waals surface area contributed by atoms with E-state index >= 15 is 0 Å². The molecule has 1 aliphatic rings. The van der Waals surface area contributed by atoms with Gasteiger partial charge in [-0.3, -0.25) is 4.79 Å². The topological polar surface area (TPSA) is 76.8 Å². The molecule has 6 nitrogen and oxygen atoms in total. The number of rotatable bonds is 6. The van der Waals surface area contributed by atoms with Gasteiger partial charge in [0.25, 0.3) is 5.91 Å². The zero-order valence-corrected chi connectivity index (χ0v) is 13.9. The van der Waals surface area contributed by atoms with E-state index in [4.69, 9.17) is 9.15 Å². The first kappa shape index (κ1) is 16.6. The second kappa shape index (κ2) is 7.09. The molecular weight excluding hydrogens is 330 g/mol. The van der Waals surface area contributed by atoms with Crippen molar-refractivity contribution in [3.63, 3.8) is 0 Å². The van der Waals surface area contributed by atoms with Crippen LogP contribution in [-0.2, 0) is 21.2 Å². The normalized spacial score (nSPS) is 19.1. The van der Waals surface area contributed by atoms with Crippen molar-refractivity contribution in [2.45, 2.75) is 19.0 Å². The van der Waals surface area contributed by atoms with Crippen LogP contribution in [0, 0.1) is 0 Å². The lowest BCUT2D eigenvalue weighted by molar-refractivity contribution is -0.136. The monoisotopic (exact) mass is 349 g/mol. The third kappa shape index (κ3) is 4.17. The lowest BCUT2D eigenvalue weighted by Gasteiger charge is -2.27. The van der Waals surface area contributed by atoms with Gasteiger partial charge in [0.05, 0.1) is 24.3 Å². The second-order valence-electron chi connectivity index (χ2n) is 5.76. The van der Waals surface area contributed by atoms with Gasteiger partial charge in [-0.25, -0.2) is 8.42 Å². The van der Waals surface area contributed by atoms with Crippen molar-refractivity contribution in [3.8, 4) is 5.75 Å². The lowest BCUT2D eigenvalue weighted by atomic mass is 10.2. The molecule has 7 heteroatoms. The van der Waals surface area contributed by atoms with Crippen LogP contribution in [0.25, 0.3) is 0 Å². The van der Waals surface area contributed by atoms with Crippen LogP contribution in [0.5, 0.6) is 5.75 Å². The van der Waals surface area contributed by atoms with E-state index in [1.165, 1.54) is 6.26 Å². The minimum absolute atomic E-state index is 0.00914. The van der Waals surface area contributed by atoms with E-state index in [2.05, 4.69) is 0 Å². The standard InChI is InChI=1S/C17H19NO5S/c19-17(12-23-15-5-2-1-3-6-15)18(11-16-7-4-9-22-16)14-8-10-24(20,21)13-14/h1-7,9,14H,8,10-13H2/t14-/m1/s1. The van der Waals surface area contributed by atoms with Gasteiger partial charge in [-0.2, -0.15) is 0 Å². The molecule has 0 spiro atoms. The average Bonchev–Trinajstić information content (AvgIpc) is 3.20. The van der Waals surface area contributed by atoms with Crippen LogP contribution in [-0.4, -0.2) is 43.4 Å². The van der Waals surface area contributed by atoms with Crippen LogP contribution < -0.4 is 4.74 Å². The lowest BCUT2D eigenvalue weighted by Crippen LogP contribution is -2.43. The first-order valence-electron chi connectivity index (χ1n) is 7.74. The molecular formula is C17H19NO5S. The van der Waals surface area contributed by atoms with Gasteiger partial charge in [-0.05, 0) is 30.7 Å². The Morgan fingerprint density at radius 1 is 1.21 bits per heavy atom. The van der Waals surface area contributed by atoms with Crippen molar-refractivity contribution in [1.82, 2.24) is 4.90 Å². The molecule has 1 aromatic heterocycles. The smallest absolute Gasteiger partial charge is 0.261 e. The Balaban J connectivity index is 1.70. The summed E-state index contributed by atoms with van der Waals surface area (Å²) in [7, 11) is -3.09. The van der Waals surface area contributed by atoms with E-state index in [1.54, 1.807) is 29.2 Å². The molecule has 3 rings (SSSR count). The zero-order chi connectivity index (χ0) is 17.0. The van der Waals surface area contributed by atoms with Gasteiger partial charge in [0.1, 0.15) is 11.5 Å². The zero-order valence-electron chi connectivity index (χ0n) is 13.1. The van der Waals surface area contributed by atoms with Gasteiger partial charge in [0.2, 0.25) is 0 Å². The summed E-state index contributed by atoms with van der Waals surface area (Å²) in [6.07, 6.45) is 1.98. The van der Waals surface area contributed by atoms with Gasteiger partial charge in [0.15, 0.2) is 16.4 Å². The second-order valence-corrected chi connectivity index (χ2v) is 7.99. The molecule has 0 aliphatic carbocycles. The summed E-state index contributed by atoms with van der Waals surface area (Å²) in [6, 6.07) is 12.2. The maximum Gasteiger partial charge on any atom is 0.261 e. The summed E-state index contributed by atoms with van der Waals surface area (Å²) >= 11 is 0. The molecule has 1 aliphatic heterocycles. The summed E-state index contributed by atoms with van der Waals surface area (Å²) in [6.45, 7) is 0.103. The molecule has 0 N–H and O–H groups in total. The number of hydrogen-bond donors (Lipinski definition) is 0. The predicted molar refractivity (Wildman–Crippen MR) is 88.3 cm³/mol. The number of hydrogen-bond acceptors (Lipinski definition) is 5. The van der Waals surface area contributed by atoms with Crippen LogP contribution >= 0.6 is 0 Å². The highest BCUT2D eigenvalue weighted by molar-refractivity contribution is 7.91. The number of ether oxygens (including phenoxy) is 1. The van der Waals surface area contributed by atoms with Crippen LogP contribution in [0.15, 0.2) is 53.1 Å². The molecule has 128 valence electrons. The highest BCUT2D eigenvalue weighted by atomic mass is 32.2. The summed E-state index contributed by atoms with van der Waals surface area (Å²) in [5.74, 6) is 1.07. The van der Waals surface area contributed by atoms with Crippen molar-refractivity contribution < 1.29 is 22.4 Å². The van der Waals surface area contributed by atoms with E-state index in [0.717, 1.165) is 0 Å². The van der Waals surface area contributed by atoms with Crippen LogP contribution in [0.4, 0.5) is 0 Å². The van der Waals surface area contributed by atoms with Crippen molar-refractivity contribution in [1.29, 1.82) is 0 Å². The molecule has 0 unspecified atom stereocenters. The number of nitrogens with zero attached hydrogens (tertiary/aromatic N) is 1. The van der Waals surface area contributed by atoms with E-state index < -0.39 is 9.84 Å². The molecule has 0 saturated carbocycles. The van der Waals surface area contributed by atoms with Crippen LogP contribution in [0.2, 0.25) is 0 Å². The molecule has 1 atom stereocenters. The van der Waals surface area contributed by atoms with E-state index in [0.29, 0.717) is 17.9 Å². The fourth-order valence-corrected chi connectivity index (χ4v) is 4.49. The molecule has 1 saturated heterocycles. The first-order valence-corrected chi connectivity index (χ1v) is 9.56. The van der Waals surface area contributed by atoms with E-state index in [1.807, 2.05) is 18.2 Å². The number of furan rings is 1. The fraction of sp³-hybridized carbons (Fsp3) is 0.353. The number of benzene rings is 1. The van der Waals surface area contributed by atoms with Crippen molar-refractivity contribution in [2.24, 2.45) is 0 Å². The molecule has 1 amide bonds. The van der Waals surface area contributed by atoms with E-state index in [9.17, 15) is 13.2 Å². The highest BCUT2D eigenvalue weighted by Crippen LogP contribution is 2.21. The molecule has 2 aromatic rings. The Bertz CT molecular complexity index is 771. The average molecular weight is 349 g/mol. The quantitative estimate of drug-likeness (QED) is 0.796. The maximum absolute atomic E-state index is 12.6. The Kier molecular flexibility index (Phi) is 4.89. The Morgan fingerprint density at radius 2 is 2.00 bits per heavy atom. The van der Waals surface area contributed by atoms with Gasteiger partial charge >= 0.3 is 0 Å². The van der Waals surface area contributed by atoms with Crippen LogP contribution in [0.3, 0.4) is 0 Å². The third-order valence-corrected chi connectivity index (χ3v) is 5.73. The number of para-hydroxylation sites is 1. The van der Waals surface area contributed by atoms with Gasteiger partial charge in [-0.1, -0.05) is 18.2 Å². The molecule has 1 aromatic carbocycles. The first-order chi connectivity index (χ1) is 11.5.